The van der Waals surface area contributed by atoms with Gasteiger partial charge in [0.1, 0.15) is 19.0 Å². The first-order chi connectivity index (χ1) is 15.3. The van der Waals surface area contributed by atoms with Crippen LogP contribution in [-0.2, 0) is 28.2 Å². The van der Waals surface area contributed by atoms with Crippen molar-refractivity contribution in [3.63, 3.8) is 0 Å². The van der Waals surface area contributed by atoms with Gasteiger partial charge < -0.3 is 15.2 Å². The molecule has 0 fully saturated rings. The largest absolute Gasteiger partial charge is 0.489 e. The van der Waals surface area contributed by atoms with Gasteiger partial charge in [-0.25, -0.2) is 0 Å². The second kappa shape index (κ2) is 10.5. The maximum Gasteiger partial charge on any atom is 0.310 e. The molecule has 2 unspecified atom stereocenters. The minimum Gasteiger partial charge on any atom is -0.489 e. The SMILES string of the molecule is CC(C(=O)OCc1ccccc1)C(N)c1ccc(OCc2ccccc2)c(C(C)(C)C)c1. The molecular formula is C28H33NO3. The highest BCUT2D eigenvalue weighted by molar-refractivity contribution is 5.73. The molecule has 3 rings (SSSR count). The molecule has 0 saturated heterocycles. The third-order valence-corrected chi connectivity index (χ3v) is 5.57. The first kappa shape index (κ1) is 23.6. The Morgan fingerprint density at radius 1 is 0.875 bits per heavy atom. The molecule has 3 aromatic carbocycles. The van der Waals surface area contributed by atoms with Crippen LogP contribution in [-0.4, -0.2) is 5.97 Å². The van der Waals surface area contributed by atoms with E-state index in [2.05, 4.69) is 26.8 Å². The summed E-state index contributed by atoms with van der Waals surface area (Å²) in [7, 11) is 0. The van der Waals surface area contributed by atoms with Crippen molar-refractivity contribution in [3.05, 3.63) is 101 Å². The van der Waals surface area contributed by atoms with E-state index in [4.69, 9.17) is 15.2 Å². The first-order valence-corrected chi connectivity index (χ1v) is 11.0. The topological polar surface area (TPSA) is 61.5 Å². The maximum absolute atomic E-state index is 12.6. The van der Waals surface area contributed by atoms with Gasteiger partial charge in [-0.3, -0.25) is 4.79 Å². The summed E-state index contributed by atoms with van der Waals surface area (Å²) in [5.41, 5.74) is 10.4. The lowest BCUT2D eigenvalue weighted by Crippen LogP contribution is -2.28. The number of ether oxygens (including phenoxy) is 2. The molecule has 4 nitrogen and oxygen atoms in total. The zero-order chi connectivity index (χ0) is 23.1. The lowest BCUT2D eigenvalue weighted by Gasteiger charge is -2.26. The summed E-state index contributed by atoms with van der Waals surface area (Å²) in [6.07, 6.45) is 0. The lowest BCUT2D eigenvalue weighted by molar-refractivity contribution is -0.150. The molecule has 4 heteroatoms. The monoisotopic (exact) mass is 431 g/mol. The molecule has 0 aliphatic rings. The number of hydrogen-bond acceptors (Lipinski definition) is 4. The predicted octanol–water partition coefficient (Wildman–Crippen LogP) is 5.94. The zero-order valence-corrected chi connectivity index (χ0v) is 19.4. The van der Waals surface area contributed by atoms with Crippen molar-refractivity contribution in [3.8, 4) is 5.75 Å². The molecule has 168 valence electrons. The van der Waals surface area contributed by atoms with Gasteiger partial charge in [0.2, 0.25) is 0 Å². The number of nitrogens with two attached hydrogens (primary N) is 1. The summed E-state index contributed by atoms with van der Waals surface area (Å²) in [4.78, 5) is 12.6. The predicted molar refractivity (Wildman–Crippen MR) is 128 cm³/mol. The van der Waals surface area contributed by atoms with Gasteiger partial charge in [-0.05, 0) is 39.8 Å². The van der Waals surface area contributed by atoms with Crippen LogP contribution in [0.25, 0.3) is 0 Å². The zero-order valence-electron chi connectivity index (χ0n) is 19.4. The van der Waals surface area contributed by atoms with Gasteiger partial charge in [0, 0.05) is 6.04 Å². The van der Waals surface area contributed by atoms with E-state index in [1.165, 1.54) is 0 Å². The molecular weight excluding hydrogens is 398 g/mol. The number of benzene rings is 3. The fourth-order valence-corrected chi connectivity index (χ4v) is 3.50. The van der Waals surface area contributed by atoms with Crippen molar-refractivity contribution < 1.29 is 14.3 Å². The van der Waals surface area contributed by atoms with Crippen molar-refractivity contribution in [1.29, 1.82) is 0 Å². The molecule has 32 heavy (non-hydrogen) atoms. The number of rotatable bonds is 8. The average Bonchev–Trinajstić information content (AvgIpc) is 2.81. The van der Waals surface area contributed by atoms with Crippen molar-refractivity contribution in [2.24, 2.45) is 11.7 Å². The Hall–Kier alpha value is -3.11. The van der Waals surface area contributed by atoms with Crippen LogP contribution in [0.3, 0.4) is 0 Å². The summed E-state index contributed by atoms with van der Waals surface area (Å²) in [5.74, 6) is 0.0577. The van der Waals surface area contributed by atoms with E-state index < -0.39 is 12.0 Å². The second-order valence-corrected chi connectivity index (χ2v) is 9.19. The van der Waals surface area contributed by atoms with Crippen LogP contribution in [0.1, 0.15) is 56.0 Å². The Bertz CT molecular complexity index is 1010. The molecule has 0 aromatic heterocycles. The Kier molecular flexibility index (Phi) is 7.70. The standard InChI is InChI=1S/C28H33NO3/c1-20(27(30)32-19-22-13-9-6-10-14-22)26(29)23-15-16-25(24(17-23)28(2,3)4)31-18-21-11-7-5-8-12-21/h5-17,20,26H,18-19,29H2,1-4H3. The third kappa shape index (κ3) is 6.21. The van der Waals surface area contributed by atoms with E-state index in [0.717, 1.165) is 28.0 Å². The van der Waals surface area contributed by atoms with Crippen LogP contribution in [0.2, 0.25) is 0 Å². The van der Waals surface area contributed by atoms with Gasteiger partial charge in [0.05, 0.1) is 5.92 Å². The maximum atomic E-state index is 12.6. The Morgan fingerprint density at radius 3 is 2.00 bits per heavy atom. The van der Waals surface area contributed by atoms with E-state index in [1.807, 2.05) is 79.7 Å². The normalized spacial score (nSPS) is 13.3. The van der Waals surface area contributed by atoms with Gasteiger partial charge in [-0.1, -0.05) is 94.4 Å². The highest BCUT2D eigenvalue weighted by Gasteiger charge is 2.26. The summed E-state index contributed by atoms with van der Waals surface area (Å²) >= 11 is 0. The van der Waals surface area contributed by atoms with Crippen molar-refractivity contribution in [1.82, 2.24) is 0 Å². The molecule has 0 saturated carbocycles. The van der Waals surface area contributed by atoms with E-state index in [1.54, 1.807) is 0 Å². The van der Waals surface area contributed by atoms with Crippen LogP contribution in [0, 0.1) is 5.92 Å². The lowest BCUT2D eigenvalue weighted by atomic mass is 9.83. The Morgan fingerprint density at radius 2 is 1.44 bits per heavy atom. The molecule has 2 N–H and O–H groups in total. The van der Waals surface area contributed by atoms with Crippen molar-refractivity contribution in [2.75, 3.05) is 0 Å². The fraction of sp³-hybridized carbons (Fsp3) is 0.321. The highest BCUT2D eigenvalue weighted by atomic mass is 16.5. The van der Waals surface area contributed by atoms with E-state index in [-0.39, 0.29) is 18.0 Å². The van der Waals surface area contributed by atoms with Crippen LogP contribution < -0.4 is 10.5 Å². The van der Waals surface area contributed by atoms with Gasteiger partial charge >= 0.3 is 5.97 Å². The van der Waals surface area contributed by atoms with Gasteiger partial charge in [-0.2, -0.15) is 0 Å². The van der Waals surface area contributed by atoms with Crippen LogP contribution in [0.4, 0.5) is 0 Å². The van der Waals surface area contributed by atoms with Gasteiger partial charge in [0.15, 0.2) is 0 Å². The molecule has 3 aromatic rings. The number of carbonyl (C=O) groups is 1. The summed E-state index contributed by atoms with van der Waals surface area (Å²) < 4.78 is 11.6. The van der Waals surface area contributed by atoms with Crippen molar-refractivity contribution in [2.45, 2.75) is 52.4 Å². The van der Waals surface area contributed by atoms with E-state index in [9.17, 15) is 4.79 Å². The highest BCUT2D eigenvalue weighted by Crippen LogP contribution is 2.35. The quantitative estimate of drug-likeness (QED) is 0.448. The third-order valence-electron chi connectivity index (χ3n) is 5.57. The Balaban J connectivity index is 1.72. The summed E-state index contributed by atoms with van der Waals surface area (Å²) in [5, 5.41) is 0. The molecule has 0 heterocycles. The van der Waals surface area contributed by atoms with Crippen molar-refractivity contribution >= 4 is 5.97 Å². The van der Waals surface area contributed by atoms with Gasteiger partial charge in [0.25, 0.3) is 0 Å². The molecule has 0 spiro atoms. The summed E-state index contributed by atoms with van der Waals surface area (Å²) in [6.45, 7) is 8.99. The van der Waals surface area contributed by atoms with Crippen LogP contribution in [0.15, 0.2) is 78.9 Å². The number of hydrogen-bond donors (Lipinski definition) is 1. The van der Waals surface area contributed by atoms with E-state index in [0.29, 0.717) is 6.61 Å². The van der Waals surface area contributed by atoms with Gasteiger partial charge in [-0.15, -0.1) is 0 Å². The number of carbonyl (C=O) groups excluding carboxylic acids is 1. The minimum absolute atomic E-state index is 0.140. The first-order valence-electron chi connectivity index (χ1n) is 11.0. The molecule has 0 bridgehead atoms. The molecule has 0 aliphatic heterocycles. The summed E-state index contributed by atoms with van der Waals surface area (Å²) in [6, 6.07) is 25.2. The minimum atomic E-state index is -0.470. The molecule has 0 radical (unpaired) electrons. The molecule has 2 atom stereocenters. The second-order valence-electron chi connectivity index (χ2n) is 9.19. The average molecular weight is 432 g/mol. The molecule has 0 amide bonds. The smallest absolute Gasteiger partial charge is 0.310 e. The van der Waals surface area contributed by atoms with Crippen LogP contribution >= 0.6 is 0 Å². The number of esters is 1. The van der Waals surface area contributed by atoms with Crippen LogP contribution in [0.5, 0.6) is 5.75 Å². The fourth-order valence-electron chi connectivity index (χ4n) is 3.50. The van der Waals surface area contributed by atoms with E-state index >= 15 is 0 Å². The Labute approximate surface area is 191 Å². The molecule has 0 aliphatic carbocycles.